The summed E-state index contributed by atoms with van der Waals surface area (Å²) >= 11 is 0. The van der Waals surface area contributed by atoms with Gasteiger partial charge in [0.1, 0.15) is 0 Å². The summed E-state index contributed by atoms with van der Waals surface area (Å²) in [5.41, 5.74) is 2.22. The summed E-state index contributed by atoms with van der Waals surface area (Å²) in [7, 11) is 0. The summed E-state index contributed by atoms with van der Waals surface area (Å²) in [6, 6.07) is 8.18. The van der Waals surface area contributed by atoms with Gasteiger partial charge in [-0.05, 0) is 30.9 Å². The molecule has 2 fully saturated rings. The van der Waals surface area contributed by atoms with Gasteiger partial charge >= 0.3 is 6.03 Å². The van der Waals surface area contributed by atoms with E-state index in [9.17, 15) is 4.79 Å². The van der Waals surface area contributed by atoms with Crippen molar-refractivity contribution in [1.29, 1.82) is 0 Å². The quantitative estimate of drug-likeness (QED) is 0.887. The van der Waals surface area contributed by atoms with Crippen LogP contribution in [-0.2, 0) is 27.4 Å². The van der Waals surface area contributed by atoms with Gasteiger partial charge in [-0.2, -0.15) is 0 Å². The van der Waals surface area contributed by atoms with Crippen LogP contribution in [0.4, 0.5) is 4.79 Å². The molecule has 0 spiro atoms. The first-order chi connectivity index (χ1) is 12.2. The first-order valence-electron chi connectivity index (χ1n) is 9.12. The van der Waals surface area contributed by atoms with Crippen molar-refractivity contribution >= 4 is 6.03 Å². The van der Waals surface area contributed by atoms with Gasteiger partial charge in [0, 0.05) is 32.8 Å². The van der Waals surface area contributed by atoms with Crippen LogP contribution in [0.2, 0.25) is 0 Å². The van der Waals surface area contributed by atoms with Crippen molar-refractivity contribution in [2.45, 2.75) is 45.1 Å². The largest absolute Gasteiger partial charge is 0.381 e. The molecular formula is C19H28N2O4. The Labute approximate surface area is 149 Å². The number of hydrogen-bond acceptors (Lipinski definition) is 4. The molecule has 0 bridgehead atoms. The highest BCUT2D eigenvalue weighted by Crippen LogP contribution is 2.14. The molecule has 1 N–H and O–H groups in total. The van der Waals surface area contributed by atoms with E-state index in [-0.39, 0.29) is 12.1 Å². The second kappa shape index (κ2) is 9.17. The number of amides is 2. The first-order valence-corrected chi connectivity index (χ1v) is 9.12. The fourth-order valence-corrected chi connectivity index (χ4v) is 3.18. The van der Waals surface area contributed by atoms with Crippen molar-refractivity contribution in [2.75, 3.05) is 32.9 Å². The smallest absolute Gasteiger partial charge is 0.317 e. The fraction of sp³-hybridized carbons (Fsp3) is 0.632. The standard InChI is InChI=1S/C19H28N2O4/c1-15-13-21(7-10-24-15)19(22)20-12-16-3-2-4-17(11-16)14-25-18-5-8-23-9-6-18/h2-4,11,15,18H,5-10,12-14H2,1H3,(H,20,22). The van der Waals surface area contributed by atoms with Crippen molar-refractivity contribution in [3.63, 3.8) is 0 Å². The number of urea groups is 1. The van der Waals surface area contributed by atoms with Crippen LogP contribution < -0.4 is 5.32 Å². The zero-order valence-electron chi connectivity index (χ0n) is 14.9. The molecule has 0 aromatic heterocycles. The van der Waals surface area contributed by atoms with Crippen LogP contribution in [0.3, 0.4) is 0 Å². The Morgan fingerprint density at radius 2 is 2.08 bits per heavy atom. The minimum atomic E-state index is -0.0287. The number of rotatable bonds is 5. The van der Waals surface area contributed by atoms with Gasteiger partial charge in [0.15, 0.2) is 0 Å². The van der Waals surface area contributed by atoms with Crippen molar-refractivity contribution in [2.24, 2.45) is 0 Å². The van der Waals surface area contributed by atoms with E-state index in [2.05, 4.69) is 17.4 Å². The van der Waals surface area contributed by atoms with E-state index in [4.69, 9.17) is 14.2 Å². The number of ether oxygens (including phenoxy) is 3. The zero-order valence-corrected chi connectivity index (χ0v) is 14.9. The van der Waals surface area contributed by atoms with E-state index < -0.39 is 0 Å². The van der Waals surface area contributed by atoms with Crippen LogP contribution in [0, 0.1) is 0 Å². The van der Waals surface area contributed by atoms with Gasteiger partial charge in [0.25, 0.3) is 0 Å². The molecule has 2 saturated heterocycles. The Kier molecular flexibility index (Phi) is 6.67. The lowest BCUT2D eigenvalue weighted by atomic mass is 10.1. The predicted octanol–water partition coefficient (Wildman–Crippen LogP) is 2.31. The molecule has 0 radical (unpaired) electrons. The number of benzene rings is 1. The third kappa shape index (κ3) is 5.70. The Morgan fingerprint density at radius 1 is 1.28 bits per heavy atom. The van der Waals surface area contributed by atoms with Gasteiger partial charge in [-0.3, -0.25) is 0 Å². The molecule has 25 heavy (non-hydrogen) atoms. The number of carbonyl (C=O) groups is 1. The molecule has 2 amide bonds. The third-order valence-corrected chi connectivity index (χ3v) is 4.62. The van der Waals surface area contributed by atoms with Crippen molar-refractivity contribution in [3.05, 3.63) is 35.4 Å². The lowest BCUT2D eigenvalue weighted by Gasteiger charge is -2.31. The van der Waals surface area contributed by atoms with Crippen LogP contribution in [0.25, 0.3) is 0 Å². The molecule has 1 aromatic carbocycles. The van der Waals surface area contributed by atoms with Crippen molar-refractivity contribution in [3.8, 4) is 0 Å². The second-order valence-corrected chi connectivity index (χ2v) is 6.73. The summed E-state index contributed by atoms with van der Waals surface area (Å²) in [6.45, 7) is 6.59. The van der Waals surface area contributed by atoms with E-state index in [1.54, 1.807) is 0 Å². The predicted molar refractivity (Wildman–Crippen MR) is 94.3 cm³/mol. The Morgan fingerprint density at radius 3 is 2.88 bits per heavy atom. The van der Waals surface area contributed by atoms with Gasteiger partial charge in [-0.25, -0.2) is 4.79 Å². The number of nitrogens with zero attached hydrogens (tertiary/aromatic N) is 1. The van der Waals surface area contributed by atoms with Crippen LogP contribution in [0.15, 0.2) is 24.3 Å². The molecule has 1 aromatic rings. The Bertz CT molecular complexity index is 560. The summed E-state index contributed by atoms with van der Waals surface area (Å²) in [5.74, 6) is 0. The van der Waals surface area contributed by atoms with Gasteiger partial charge in [0.2, 0.25) is 0 Å². The van der Waals surface area contributed by atoms with E-state index >= 15 is 0 Å². The maximum absolute atomic E-state index is 12.3. The molecule has 2 heterocycles. The molecule has 138 valence electrons. The monoisotopic (exact) mass is 348 g/mol. The molecule has 0 aliphatic carbocycles. The van der Waals surface area contributed by atoms with E-state index in [1.165, 1.54) is 0 Å². The van der Waals surface area contributed by atoms with Gasteiger partial charge in [-0.15, -0.1) is 0 Å². The summed E-state index contributed by atoms with van der Waals surface area (Å²) in [6.07, 6.45) is 2.33. The SMILES string of the molecule is CC1CN(C(=O)NCc2cccc(COC3CCOCC3)c2)CCO1. The zero-order chi connectivity index (χ0) is 17.5. The van der Waals surface area contributed by atoms with Gasteiger partial charge in [0.05, 0.1) is 25.4 Å². The fourth-order valence-electron chi connectivity index (χ4n) is 3.18. The third-order valence-electron chi connectivity index (χ3n) is 4.62. The van der Waals surface area contributed by atoms with E-state index in [0.29, 0.717) is 39.0 Å². The molecule has 2 aliphatic rings. The van der Waals surface area contributed by atoms with Gasteiger partial charge in [-0.1, -0.05) is 24.3 Å². The highest BCUT2D eigenvalue weighted by Gasteiger charge is 2.21. The lowest BCUT2D eigenvalue weighted by molar-refractivity contribution is -0.0390. The first kappa shape index (κ1) is 18.2. The van der Waals surface area contributed by atoms with E-state index in [0.717, 1.165) is 37.2 Å². The molecule has 6 heteroatoms. The van der Waals surface area contributed by atoms with Crippen molar-refractivity contribution in [1.82, 2.24) is 10.2 Å². The number of hydrogen-bond donors (Lipinski definition) is 1. The minimum absolute atomic E-state index is 0.0287. The maximum atomic E-state index is 12.3. The minimum Gasteiger partial charge on any atom is -0.381 e. The summed E-state index contributed by atoms with van der Waals surface area (Å²) in [5, 5.41) is 3.00. The summed E-state index contributed by atoms with van der Waals surface area (Å²) in [4.78, 5) is 14.1. The molecule has 2 aliphatic heterocycles. The second-order valence-electron chi connectivity index (χ2n) is 6.73. The number of carbonyl (C=O) groups excluding carboxylic acids is 1. The molecule has 0 saturated carbocycles. The topological polar surface area (TPSA) is 60.0 Å². The number of morpholine rings is 1. The van der Waals surface area contributed by atoms with Crippen LogP contribution in [0.5, 0.6) is 0 Å². The average Bonchev–Trinajstić information content (AvgIpc) is 2.66. The lowest BCUT2D eigenvalue weighted by Crippen LogP contribution is -2.48. The van der Waals surface area contributed by atoms with E-state index in [1.807, 2.05) is 24.0 Å². The van der Waals surface area contributed by atoms with Crippen LogP contribution >= 0.6 is 0 Å². The Hall–Kier alpha value is -1.63. The number of nitrogens with one attached hydrogen (secondary N) is 1. The highest BCUT2D eigenvalue weighted by molar-refractivity contribution is 5.74. The normalized spacial score (nSPS) is 22.0. The van der Waals surface area contributed by atoms with Crippen LogP contribution in [0.1, 0.15) is 30.9 Å². The average molecular weight is 348 g/mol. The Balaban J connectivity index is 1.45. The molecule has 1 unspecified atom stereocenters. The van der Waals surface area contributed by atoms with Gasteiger partial charge < -0.3 is 24.4 Å². The molecule has 3 rings (SSSR count). The van der Waals surface area contributed by atoms with Crippen molar-refractivity contribution < 1.29 is 19.0 Å². The van der Waals surface area contributed by atoms with Crippen LogP contribution in [-0.4, -0.2) is 56.0 Å². The maximum Gasteiger partial charge on any atom is 0.317 e. The molecule has 1 atom stereocenters. The highest BCUT2D eigenvalue weighted by atomic mass is 16.5. The molecular weight excluding hydrogens is 320 g/mol. The molecule has 6 nitrogen and oxygen atoms in total. The summed E-state index contributed by atoms with van der Waals surface area (Å²) < 4.78 is 16.8.